The summed E-state index contributed by atoms with van der Waals surface area (Å²) in [4.78, 5) is 11.8. The highest BCUT2D eigenvalue weighted by Gasteiger charge is 2.60. The SMILES string of the molecule is CC(C)(C)[Si](C)(C)O[C@H]1CC[C@@]2(C)C(=CC[C@H]3[C@@H]4CC[C@H](C5COC(=O)C5)[C@@]4(C)CC[C@@H]32)C1. The molecule has 0 spiro atoms. The summed E-state index contributed by atoms with van der Waals surface area (Å²) in [5.74, 6) is 3.69. The summed E-state index contributed by atoms with van der Waals surface area (Å²) >= 11 is 0. The number of esters is 1. The third-order valence-electron chi connectivity index (χ3n) is 11.9. The molecule has 0 amide bonds. The Morgan fingerprint density at radius 2 is 1.73 bits per heavy atom. The Balaban J connectivity index is 1.32. The van der Waals surface area contributed by atoms with Gasteiger partial charge in [-0.3, -0.25) is 4.79 Å². The van der Waals surface area contributed by atoms with Gasteiger partial charge >= 0.3 is 5.97 Å². The van der Waals surface area contributed by atoms with Crippen LogP contribution >= 0.6 is 0 Å². The molecular weight excluding hydrogens is 424 g/mol. The van der Waals surface area contributed by atoms with Crippen molar-refractivity contribution in [1.29, 1.82) is 0 Å². The van der Waals surface area contributed by atoms with Crippen LogP contribution < -0.4 is 0 Å². The van der Waals surface area contributed by atoms with Crippen molar-refractivity contribution >= 4 is 14.3 Å². The number of ether oxygens (including phenoxy) is 1. The van der Waals surface area contributed by atoms with E-state index >= 15 is 0 Å². The Hall–Kier alpha value is -0.613. The summed E-state index contributed by atoms with van der Waals surface area (Å²) < 4.78 is 12.3. The molecule has 1 saturated heterocycles. The summed E-state index contributed by atoms with van der Waals surface area (Å²) in [6.07, 6.45) is 14.1. The first-order chi connectivity index (χ1) is 15.3. The molecule has 186 valence electrons. The molecule has 1 heterocycles. The third-order valence-corrected chi connectivity index (χ3v) is 16.4. The maximum absolute atomic E-state index is 11.8. The zero-order valence-corrected chi connectivity index (χ0v) is 23.3. The van der Waals surface area contributed by atoms with E-state index in [1.54, 1.807) is 5.57 Å². The molecule has 0 N–H and O–H groups in total. The Kier molecular flexibility index (Phi) is 5.80. The van der Waals surface area contributed by atoms with Crippen LogP contribution in [0.3, 0.4) is 0 Å². The van der Waals surface area contributed by atoms with Gasteiger partial charge in [-0.1, -0.05) is 46.3 Å². The van der Waals surface area contributed by atoms with E-state index in [4.69, 9.17) is 9.16 Å². The van der Waals surface area contributed by atoms with Gasteiger partial charge in [0, 0.05) is 12.0 Å². The standard InChI is InChI=1S/C29H48O3Si/c1-27(2,3)33(6,7)32-21-12-14-28(4)20(17-21)8-9-22-24-11-10-23(19-16-26(30)31-18-19)29(24,5)15-13-25(22)28/h8,19,21-25H,9-18H2,1-7H3/t19?,21-,22-,23+,24-,25-,28-,29+/m0/s1. The molecular formula is C29H48O3Si. The van der Waals surface area contributed by atoms with Crippen molar-refractivity contribution in [2.24, 2.45) is 40.4 Å². The molecule has 1 aliphatic heterocycles. The zero-order chi connectivity index (χ0) is 23.8. The summed E-state index contributed by atoms with van der Waals surface area (Å²) in [6, 6.07) is 0. The topological polar surface area (TPSA) is 35.5 Å². The summed E-state index contributed by atoms with van der Waals surface area (Å²) in [6.45, 7) is 17.8. The van der Waals surface area contributed by atoms with Crippen LogP contribution in [0.25, 0.3) is 0 Å². The number of rotatable bonds is 3. The average Bonchev–Trinajstić information content (AvgIpc) is 3.29. The van der Waals surface area contributed by atoms with Crippen LogP contribution in [0.2, 0.25) is 18.1 Å². The molecule has 0 aromatic carbocycles. The number of hydrogen-bond acceptors (Lipinski definition) is 3. The fourth-order valence-corrected chi connectivity index (χ4v) is 10.3. The lowest BCUT2D eigenvalue weighted by Gasteiger charge is -2.58. The minimum Gasteiger partial charge on any atom is -0.465 e. The molecule has 4 heteroatoms. The monoisotopic (exact) mass is 472 g/mol. The molecule has 0 radical (unpaired) electrons. The largest absolute Gasteiger partial charge is 0.465 e. The smallest absolute Gasteiger partial charge is 0.306 e. The van der Waals surface area contributed by atoms with Gasteiger partial charge in [-0.05, 0) is 104 Å². The third kappa shape index (κ3) is 3.81. The lowest BCUT2D eigenvalue weighted by Crippen LogP contribution is -2.52. The van der Waals surface area contributed by atoms with Gasteiger partial charge in [0.15, 0.2) is 8.32 Å². The second-order valence-corrected chi connectivity index (χ2v) is 19.1. The quantitative estimate of drug-likeness (QED) is 0.242. The fourth-order valence-electron chi connectivity index (χ4n) is 8.93. The number of cyclic esters (lactones) is 1. The van der Waals surface area contributed by atoms with E-state index in [9.17, 15) is 4.79 Å². The van der Waals surface area contributed by atoms with Crippen molar-refractivity contribution in [2.45, 2.75) is 117 Å². The summed E-state index contributed by atoms with van der Waals surface area (Å²) in [5.41, 5.74) is 2.51. The molecule has 5 rings (SSSR count). The number of carbonyl (C=O) groups is 1. The first kappa shape index (κ1) is 24.1. The van der Waals surface area contributed by atoms with Crippen LogP contribution in [0, 0.1) is 40.4 Å². The van der Waals surface area contributed by atoms with E-state index < -0.39 is 8.32 Å². The number of hydrogen-bond donors (Lipinski definition) is 0. The molecule has 0 bridgehead atoms. The molecule has 0 aromatic heterocycles. The van der Waals surface area contributed by atoms with Gasteiger partial charge in [0.05, 0.1) is 13.0 Å². The minimum absolute atomic E-state index is 0.0372. The highest BCUT2D eigenvalue weighted by molar-refractivity contribution is 6.74. The zero-order valence-electron chi connectivity index (χ0n) is 22.3. The van der Waals surface area contributed by atoms with Gasteiger partial charge in [-0.2, -0.15) is 0 Å². The normalized spacial score (nSPS) is 45.7. The average molecular weight is 473 g/mol. The predicted octanol–water partition coefficient (Wildman–Crippen LogP) is 7.52. The first-order valence-corrected chi connectivity index (χ1v) is 16.8. The second kappa shape index (κ2) is 7.95. The molecule has 5 aliphatic rings. The van der Waals surface area contributed by atoms with Crippen molar-refractivity contribution in [2.75, 3.05) is 6.61 Å². The Labute approximate surface area is 203 Å². The van der Waals surface area contributed by atoms with Gasteiger partial charge in [0.1, 0.15) is 0 Å². The molecule has 0 aromatic rings. The molecule has 33 heavy (non-hydrogen) atoms. The molecule has 8 atom stereocenters. The molecule has 4 fully saturated rings. The van der Waals surface area contributed by atoms with Crippen LogP contribution in [-0.4, -0.2) is 27.0 Å². The van der Waals surface area contributed by atoms with Crippen molar-refractivity contribution in [3.63, 3.8) is 0 Å². The van der Waals surface area contributed by atoms with Gasteiger partial charge in [-0.25, -0.2) is 0 Å². The Morgan fingerprint density at radius 1 is 1.00 bits per heavy atom. The number of fused-ring (bicyclic) bond motifs is 5. The van der Waals surface area contributed by atoms with Crippen LogP contribution in [0.5, 0.6) is 0 Å². The molecule has 4 aliphatic carbocycles. The van der Waals surface area contributed by atoms with E-state index in [1.165, 1.54) is 44.9 Å². The van der Waals surface area contributed by atoms with Gasteiger partial charge < -0.3 is 9.16 Å². The van der Waals surface area contributed by atoms with E-state index in [-0.39, 0.29) is 11.0 Å². The maximum Gasteiger partial charge on any atom is 0.306 e. The number of allylic oxidation sites excluding steroid dienone is 1. The first-order valence-electron chi connectivity index (χ1n) is 13.9. The van der Waals surface area contributed by atoms with E-state index in [1.807, 2.05) is 0 Å². The number of carbonyl (C=O) groups excluding carboxylic acids is 1. The van der Waals surface area contributed by atoms with Crippen LogP contribution in [0.15, 0.2) is 11.6 Å². The Bertz CT molecular complexity index is 825. The van der Waals surface area contributed by atoms with E-state index in [2.05, 4.69) is 53.8 Å². The van der Waals surface area contributed by atoms with Crippen molar-refractivity contribution in [1.82, 2.24) is 0 Å². The fraction of sp³-hybridized carbons (Fsp3) is 0.897. The minimum atomic E-state index is -1.72. The lowest BCUT2D eigenvalue weighted by atomic mass is 9.47. The van der Waals surface area contributed by atoms with Crippen LogP contribution in [-0.2, 0) is 14.0 Å². The highest BCUT2D eigenvalue weighted by Crippen LogP contribution is 2.67. The van der Waals surface area contributed by atoms with Gasteiger partial charge in [-0.15, -0.1) is 0 Å². The summed E-state index contributed by atoms with van der Waals surface area (Å²) in [5, 5.41) is 0.279. The predicted molar refractivity (Wildman–Crippen MR) is 136 cm³/mol. The van der Waals surface area contributed by atoms with Crippen molar-refractivity contribution in [3.8, 4) is 0 Å². The van der Waals surface area contributed by atoms with Crippen molar-refractivity contribution < 1.29 is 14.0 Å². The molecule has 3 saturated carbocycles. The van der Waals surface area contributed by atoms with Crippen LogP contribution in [0.1, 0.15) is 92.4 Å². The van der Waals surface area contributed by atoms with Crippen molar-refractivity contribution in [3.05, 3.63) is 11.6 Å². The van der Waals surface area contributed by atoms with Gasteiger partial charge in [0.2, 0.25) is 0 Å². The van der Waals surface area contributed by atoms with E-state index in [0.29, 0.717) is 41.8 Å². The second-order valence-electron chi connectivity index (χ2n) is 14.4. The highest BCUT2D eigenvalue weighted by atomic mass is 28.4. The molecule has 3 nitrogen and oxygen atoms in total. The van der Waals surface area contributed by atoms with Crippen LogP contribution in [0.4, 0.5) is 0 Å². The van der Waals surface area contributed by atoms with Gasteiger partial charge in [0.25, 0.3) is 0 Å². The maximum atomic E-state index is 11.8. The molecule has 1 unspecified atom stereocenters. The van der Waals surface area contributed by atoms with E-state index in [0.717, 1.165) is 24.2 Å². The summed E-state index contributed by atoms with van der Waals surface area (Å²) in [7, 11) is -1.72. The Morgan fingerprint density at radius 3 is 2.39 bits per heavy atom. The lowest BCUT2D eigenvalue weighted by molar-refractivity contribution is -0.137.